The highest BCUT2D eigenvalue weighted by atomic mass is 35.5. The first-order valence-electron chi connectivity index (χ1n) is 5.92. The van der Waals surface area contributed by atoms with E-state index in [1.807, 2.05) is 20.8 Å². The fourth-order valence-corrected chi connectivity index (χ4v) is 3.21. The average molecular weight is 302 g/mol. The van der Waals surface area contributed by atoms with E-state index in [2.05, 4.69) is 10.0 Å². The first-order chi connectivity index (χ1) is 7.85. The van der Waals surface area contributed by atoms with Crippen LogP contribution in [0.4, 0.5) is 0 Å². The van der Waals surface area contributed by atoms with Crippen LogP contribution in [-0.2, 0) is 14.9 Å². The fourth-order valence-electron chi connectivity index (χ4n) is 1.75. The minimum absolute atomic E-state index is 0. The van der Waals surface area contributed by atoms with Gasteiger partial charge in [-0.1, -0.05) is 0 Å². The standard InChI is InChI=1S/C10H23N3O3S.ClH/c1-8(11-4)5-12-17(14,15)13-6-9(2)16-10(3)7-13;/h8-12H,5-7H2,1-4H3;1H. The van der Waals surface area contributed by atoms with Crippen molar-refractivity contribution in [1.29, 1.82) is 0 Å². The van der Waals surface area contributed by atoms with Crippen molar-refractivity contribution in [2.24, 2.45) is 0 Å². The lowest BCUT2D eigenvalue weighted by Gasteiger charge is -2.34. The molecule has 1 aliphatic rings. The Labute approximate surface area is 116 Å². The molecule has 6 nitrogen and oxygen atoms in total. The van der Waals surface area contributed by atoms with E-state index in [0.717, 1.165) is 0 Å². The minimum atomic E-state index is -3.39. The van der Waals surface area contributed by atoms with E-state index in [-0.39, 0.29) is 30.7 Å². The van der Waals surface area contributed by atoms with Crippen molar-refractivity contribution in [3.05, 3.63) is 0 Å². The van der Waals surface area contributed by atoms with E-state index in [9.17, 15) is 8.42 Å². The minimum Gasteiger partial charge on any atom is -0.373 e. The molecule has 0 saturated carbocycles. The molecule has 0 aliphatic carbocycles. The van der Waals surface area contributed by atoms with Gasteiger partial charge in [-0.15, -0.1) is 12.4 Å². The largest absolute Gasteiger partial charge is 0.373 e. The van der Waals surface area contributed by atoms with Gasteiger partial charge in [0.25, 0.3) is 10.2 Å². The second kappa shape index (κ2) is 7.62. The number of likely N-dealkylation sites (N-methyl/N-ethyl adjacent to an activating group) is 1. The monoisotopic (exact) mass is 301 g/mol. The molecule has 1 saturated heterocycles. The van der Waals surface area contributed by atoms with Crippen LogP contribution in [0.2, 0.25) is 0 Å². The summed E-state index contributed by atoms with van der Waals surface area (Å²) in [6, 6.07) is 0.112. The smallest absolute Gasteiger partial charge is 0.279 e. The van der Waals surface area contributed by atoms with Crippen molar-refractivity contribution in [1.82, 2.24) is 14.3 Å². The highest BCUT2D eigenvalue weighted by molar-refractivity contribution is 7.87. The molecule has 0 aromatic carbocycles. The lowest BCUT2D eigenvalue weighted by molar-refractivity contribution is -0.0443. The summed E-state index contributed by atoms with van der Waals surface area (Å²) < 4.78 is 33.6. The van der Waals surface area contributed by atoms with Gasteiger partial charge in [-0.05, 0) is 27.8 Å². The molecule has 0 aromatic rings. The van der Waals surface area contributed by atoms with E-state index in [4.69, 9.17) is 4.74 Å². The van der Waals surface area contributed by atoms with Gasteiger partial charge in [0.1, 0.15) is 0 Å². The Morgan fingerprint density at radius 2 is 1.83 bits per heavy atom. The van der Waals surface area contributed by atoms with Crippen molar-refractivity contribution in [3.8, 4) is 0 Å². The Kier molecular flexibility index (Phi) is 7.65. The van der Waals surface area contributed by atoms with Crippen LogP contribution in [0.25, 0.3) is 0 Å². The lowest BCUT2D eigenvalue weighted by Crippen LogP contribution is -2.53. The summed E-state index contributed by atoms with van der Waals surface area (Å²) in [5.74, 6) is 0. The zero-order chi connectivity index (χ0) is 13.1. The van der Waals surface area contributed by atoms with Gasteiger partial charge in [0.15, 0.2) is 0 Å². The molecule has 1 heterocycles. The molecule has 0 bridgehead atoms. The van der Waals surface area contributed by atoms with E-state index in [1.165, 1.54) is 4.31 Å². The van der Waals surface area contributed by atoms with Crippen LogP contribution in [0, 0.1) is 0 Å². The normalized spacial score (nSPS) is 27.6. The zero-order valence-electron chi connectivity index (χ0n) is 11.3. The molecular formula is C10H24ClN3O3S. The van der Waals surface area contributed by atoms with Crippen molar-refractivity contribution in [3.63, 3.8) is 0 Å². The number of halogens is 1. The summed E-state index contributed by atoms with van der Waals surface area (Å²) in [6.45, 7) is 6.90. The summed E-state index contributed by atoms with van der Waals surface area (Å²) in [5.41, 5.74) is 0. The fraction of sp³-hybridized carbons (Fsp3) is 1.00. The van der Waals surface area contributed by atoms with Crippen LogP contribution >= 0.6 is 12.4 Å². The third-order valence-electron chi connectivity index (χ3n) is 2.79. The van der Waals surface area contributed by atoms with E-state index in [1.54, 1.807) is 7.05 Å². The van der Waals surface area contributed by atoms with Gasteiger partial charge in [-0.2, -0.15) is 12.7 Å². The topological polar surface area (TPSA) is 70.7 Å². The summed E-state index contributed by atoms with van der Waals surface area (Å²) in [7, 11) is -1.59. The number of hydrogen-bond acceptors (Lipinski definition) is 4. The number of nitrogens with one attached hydrogen (secondary N) is 2. The maximum absolute atomic E-state index is 12.0. The van der Waals surface area contributed by atoms with E-state index in [0.29, 0.717) is 19.6 Å². The van der Waals surface area contributed by atoms with Gasteiger partial charge in [0, 0.05) is 25.7 Å². The Hall–Kier alpha value is 0.0800. The van der Waals surface area contributed by atoms with Crippen LogP contribution in [0.5, 0.6) is 0 Å². The van der Waals surface area contributed by atoms with Crippen molar-refractivity contribution in [2.75, 3.05) is 26.7 Å². The molecule has 3 unspecified atom stereocenters. The third-order valence-corrected chi connectivity index (χ3v) is 4.30. The molecule has 0 aromatic heterocycles. The van der Waals surface area contributed by atoms with Crippen LogP contribution in [0.15, 0.2) is 0 Å². The number of morpholine rings is 1. The summed E-state index contributed by atoms with van der Waals surface area (Å²) in [6.07, 6.45) is -0.117. The predicted octanol–water partition coefficient (Wildman–Crippen LogP) is -0.0403. The number of rotatable bonds is 5. The summed E-state index contributed by atoms with van der Waals surface area (Å²) >= 11 is 0. The lowest BCUT2D eigenvalue weighted by atomic mass is 10.3. The Morgan fingerprint density at radius 1 is 1.33 bits per heavy atom. The van der Waals surface area contributed by atoms with Crippen LogP contribution in [0.3, 0.4) is 0 Å². The predicted molar refractivity (Wildman–Crippen MR) is 74.3 cm³/mol. The highest BCUT2D eigenvalue weighted by Crippen LogP contribution is 2.13. The Balaban J connectivity index is 0.00000289. The van der Waals surface area contributed by atoms with Gasteiger partial charge < -0.3 is 10.1 Å². The van der Waals surface area contributed by atoms with Gasteiger partial charge in [-0.3, -0.25) is 0 Å². The Morgan fingerprint density at radius 3 is 2.28 bits per heavy atom. The van der Waals surface area contributed by atoms with Gasteiger partial charge in [0.05, 0.1) is 12.2 Å². The van der Waals surface area contributed by atoms with Crippen molar-refractivity contribution < 1.29 is 13.2 Å². The maximum Gasteiger partial charge on any atom is 0.279 e. The molecule has 2 N–H and O–H groups in total. The highest BCUT2D eigenvalue weighted by Gasteiger charge is 2.30. The number of ether oxygens (including phenoxy) is 1. The average Bonchev–Trinajstić information content (AvgIpc) is 2.24. The first kappa shape index (κ1) is 18.1. The molecule has 0 amide bonds. The number of nitrogens with zero attached hydrogens (tertiary/aromatic N) is 1. The van der Waals surface area contributed by atoms with Crippen molar-refractivity contribution in [2.45, 2.75) is 39.0 Å². The maximum atomic E-state index is 12.0. The van der Waals surface area contributed by atoms with Crippen LogP contribution in [-0.4, -0.2) is 57.7 Å². The van der Waals surface area contributed by atoms with Crippen molar-refractivity contribution >= 4 is 22.6 Å². The van der Waals surface area contributed by atoms with Gasteiger partial charge in [0.2, 0.25) is 0 Å². The molecule has 0 spiro atoms. The summed E-state index contributed by atoms with van der Waals surface area (Å²) in [4.78, 5) is 0. The number of hydrogen-bond donors (Lipinski definition) is 2. The van der Waals surface area contributed by atoms with E-state index < -0.39 is 10.2 Å². The molecular weight excluding hydrogens is 278 g/mol. The third kappa shape index (κ3) is 5.38. The molecule has 1 aliphatic heterocycles. The van der Waals surface area contributed by atoms with Crippen LogP contribution in [0.1, 0.15) is 20.8 Å². The molecule has 110 valence electrons. The molecule has 8 heteroatoms. The first-order valence-corrected chi connectivity index (χ1v) is 7.36. The van der Waals surface area contributed by atoms with E-state index >= 15 is 0 Å². The molecule has 1 rings (SSSR count). The van der Waals surface area contributed by atoms with Gasteiger partial charge in [-0.25, -0.2) is 4.72 Å². The molecule has 1 fully saturated rings. The van der Waals surface area contributed by atoms with Gasteiger partial charge >= 0.3 is 0 Å². The van der Waals surface area contributed by atoms with Crippen LogP contribution < -0.4 is 10.0 Å². The Bertz CT molecular complexity index is 329. The molecule has 3 atom stereocenters. The molecule has 0 radical (unpaired) electrons. The second-order valence-corrected chi connectivity index (χ2v) is 6.37. The zero-order valence-corrected chi connectivity index (χ0v) is 13.0. The SMILES string of the molecule is CNC(C)CNS(=O)(=O)N1CC(C)OC(C)C1.Cl. The quantitative estimate of drug-likeness (QED) is 0.747. The molecule has 18 heavy (non-hydrogen) atoms. The summed E-state index contributed by atoms with van der Waals surface area (Å²) in [5, 5.41) is 2.99. The second-order valence-electron chi connectivity index (χ2n) is 4.62.